The van der Waals surface area contributed by atoms with Crippen molar-refractivity contribution in [3.63, 3.8) is 0 Å². The predicted octanol–water partition coefficient (Wildman–Crippen LogP) is 3.32. The maximum Gasteiger partial charge on any atom is 0.408 e. The van der Waals surface area contributed by atoms with Gasteiger partial charge in [0.1, 0.15) is 11.9 Å². The van der Waals surface area contributed by atoms with Gasteiger partial charge in [-0.3, -0.25) is 0 Å². The Kier molecular flexibility index (Phi) is 4.34. The number of nitrogens with one attached hydrogen (secondary N) is 1. The number of rotatable bonds is 1. The van der Waals surface area contributed by atoms with Gasteiger partial charge in [-0.2, -0.15) is 0 Å². The Hall–Kier alpha value is -1.14. The Morgan fingerprint density at radius 3 is 2.78 bits per heavy atom. The second-order valence-corrected chi connectivity index (χ2v) is 3.99. The van der Waals surface area contributed by atoms with Gasteiger partial charge in [0, 0.05) is 10.6 Å². The van der Waals surface area contributed by atoms with Crippen LogP contribution in [0.3, 0.4) is 0 Å². The normalized spacial score (nSPS) is 21.6. The molecular weight excluding hydrogens is 294 g/mol. The van der Waals surface area contributed by atoms with Crippen LogP contribution in [-0.4, -0.2) is 18.6 Å². The fourth-order valence-corrected chi connectivity index (χ4v) is 1.78. The summed E-state index contributed by atoms with van der Waals surface area (Å²) in [5.41, 5.74) is -0.173. The van der Waals surface area contributed by atoms with Crippen molar-refractivity contribution in [3.05, 3.63) is 34.6 Å². The van der Waals surface area contributed by atoms with E-state index in [1.165, 1.54) is 0 Å². The molecule has 1 atom stereocenters. The van der Waals surface area contributed by atoms with E-state index in [4.69, 9.17) is 11.6 Å². The second kappa shape index (κ2) is 5.24. The molecule has 100 valence electrons. The number of carbonyl (C=O) groups excluding carboxylic acids is 1. The van der Waals surface area contributed by atoms with Gasteiger partial charge in [-0.1, -0.05) is 11.6 Å². The number of ether oxygens (including phenoxy) is 1. The zero-order chi connectivity index (χ0) is 12.6. The molecule has 0 spiro atoms. The molecule has 18 heavy (non-hydrogen) atoms. The molecule has 1 aromatic carbocycles. The minimum absolute atomic E-state index is 0. The number of alkyl carbamates (subject to hydrolysis) is 1. The molecule has 1 amide bonds. The van der Waals surface area contributed by atoms with Crippen LogP contribution in [0.1, 0.15) is 11.6 Å². The molecule has 0 aliphatic carbocycles. The monoisotopic (exact) mass is 301 g/mol. The first-order chi connectivity index (χ1) is 7.90. The minimum atomic E-state index is -3.34. The Bertz CT molecular complexity index is 470. The maximum atomic E-state index is 13.5. The molecular formula is C10H8Cl2F3NO2. The third-order valence-corrected chi connectivity index (χ3v) is 2.69. The number of carbonyl (C=O) groups is 1. The van der Waals surface area contributed by atoms with Crippen molar-refractivity contribution in [1.82, 2.24) is 5.32 Å². The lowest BCUT2D eigenvalue weighted by Gasteiger charge is -2.32. The van der Waals surface area contributed by atoms with Crippen molar-refractivity contribution in [1.29, 1.82) is 0 Å². The first kappa shape index (κ1) is 14.9. The first-order valence-electron chi connectivity index (χ1n) is 4.66. The van der Waals surface area contributed by atoms with E-state index in [0.717, 1.165) is 18.2 Å². The highest BCUT2D eigenvalue weighted by Crippen LogP contribution is 2.37. The summed E-state index contributed by atoms with van der Waals surface area (Å²) >= 11 is 5.71. The largest absolute Gasteiger partial charge is 0.443 e. The fourth-order valence-electron chi connectivity index (χ4n) is 1.55. The molecule has 1 saturated heterocycles. The Morgan fingerprint density at radius 2 is 2.11 bits per heavy atom. The van der Waals surface area contributed by atoms with E-state index < -0.39 is 30.5 Å². The number of cyclic esters (lactones) is 1. The average molecular weight is 302 g/mol. The molecule has 3 nitrogen and oxygen atoms in total. The first-order valence-corrected chi connectivity index (χ1v) is 5.04. The maximum absolute atomic E-state index is 13.5. The third-order valence-electron chi connectivity index (χ3n) is 2.35. The van der Waals surface area contributed by atoms with Gasteiger partial charge in [-0.25, -0.2) is 18.0 Å². The minimum Gasteiger partial charge on any atom is -0.443 e. The van der Waals surface area contributed by atoms with Crippen molar-refractivity contribution in [2.75, 3.05) is 6.61 Å². The number of hydrogen-bond acceptors (Lipinski definition) is 2. The molecule has 0 unspecified atom stereocenters. The smallest absolute Gasteiger partial charge is 0.408 e. The van der Waals surface area contributed by atoms with Crippen LogP contribution < -0.4 is 5.32 Å². The van der Waals surface area contributed by atoms with Gasteiger partial charge in [0.25, 0.3) is 0 Å². The van der Waals surface area contributed by atoms with Gasteiger partial charge in [0.2, 0.25) is 0 Å². The van der Waals surface area contributed by atoms with Gasteiger partial charge in [0.15, 0.2) is 6.61 Å². The molecule has 0 bridgehead atoms. The summed E-state index contributed by atoms with van der Waals surface area (Å²) in [4.78, 5) is 10.9. The second-order valence-electron chi connectivity index (χ2n) is 3.58. The third kappa shape index (κ3) is 2.81. The van der Waals surface area contributed by atoms with E-state index in [1.54, 1.807) is 0 Å². The summed E-state index contributed by atoms with van der Waals surface area (Å²) in [6.45, 7) is -1.06. The van der Waals surface area contributed by atoms with Crippen LogP contribution >= 0.6 is 24.0 Å². The molecule has 1 heterocycles. The molecule has 1 aliphatic rings. The van der Waals surface area contributed by atoms with Crippen LogP contribution in [0.5, 0.6) is 0 Å². The van der Waals surface area contributed by atoms with Crippen LogP contribution in [0.15, 0.2) is 18.2 Å². The van der Waals surface area contributed by atoms with Crippen molar-refractivity contribution in [2.24, 2.45) is 0 Å². The van der Waals surface area contributed by atoms with Crippen molar-refractivity contribution >= 4 is 30.1 Å². The van der Waals surface area contributed by atoms with Crippen LogP contribution in [0.2, 0.25) is 5.02 Å². The summed E-state index contributed by atoms with van der Waals surface area (Å²) < 4.78 is 44.2. The highest BCUT2D eigenvalue weighted by Gasteiger charge is 2.47. The number of halogens is 5. The molecule has 1 aliphatic heterocycles. The van der Waals surface area contributed by atoms with E-state index in [-0.39, 0.29) is 23.0 Å². The highest BCUT2D eigenvalue weighted by atomic mass is 35.5. The van der Waals surface area contributed by atoms with Crippen LogP contribution in [0.25, 0.3) is 0 Å². The lowest BCUT2D eigenvalue weighted by molar-refractivity contribution is -0.104. The van der Waals surface area contributed by atoms with Crippen LogP contribution in [0.4, 0.5) is 18.0 Å². The molecule has 1 N–H and O–H groups in total. The summed E-state index contributed by atoms with van der Waals surface area (Å²) in [6.07, 6.45) is -0.985. The number of amides is 1. The van der Waals surface area contributed by atoms with E-state index in [1.807, 2.05) is 5.32 Å². The van der Waals surface area contributed by atoms with Gasteiger partial charge < -0.3 is 10.1 Å². The van der Waals surface area contributed by atoms with E-state index in [2.05, 4.69) is 4.74 Å². The molecule has 2 rings (SSSR count). The number of hydrogen-bond donors (Lipinski definition) is 1. The average Bonchev–Trinajstić information content (AvgIpc) is 2.26. The van der Waals surface area contributed by atoms with Gasteiger partial charge >= 0.3 is 12.0 Å². The SMILES string of the molecule is Cl.O=C1N[C@H](c2cc(F)ccc2Cl)C(F)(F)CO1. The molecule has 0 aromatic heterocycles. The molecule has 1 aromatic rings. The summed E-state index contributed by atoms with van der Waals surface area (Å²) in [5.74, 6) is -4.05. The molecule has 0 radical (unpaired) electrons. The van der Waals surface area contributed by atoms with Crippen LogP contribution in [-0.2, 0) is 4.74 Å². The fraction of sp³-hybridized carbons (Fsp3) is 0.300. The summed E-state index contributed by atoms with van der Waals surface area (Å²) in [6, 6.07) is 1.38. The number of alkyl halides is 2. The highest BCUT2D eigenvalue weighted by molar-refractivity contribution is 6.31. The van der Waals surface area contributed by atoms with Gasteiger partial charge in [0.05, 0.1) is 0 Å². The topological polar surface area (TPSA) is 38.3 Å². The summed E-state index contributed by atoms with van der Waals surface area (Å²) in [7, 11) is 0. The zero-order valence-electron chi connectivity index (χ0n) is 8.75. The lowest BCUT2D eigenvalue weighted by Crippen LogP contribution is -2.49. The van der Waals surface area contributed by atoms with Crippen LogP contribution in [0, 0.1) is 5.82 Å². The molecule has 8 heteroatoms. The van der Waals surface area contributed by atoms with E-state index in [9.17, 15) is 18.0 Å². The van der Waals surface area contributed by atoms with Crippen molar-refractivity contribution in [3.8, 4) is 0 Å². The van der Waals surface area contributed by atoms with Crippen molar-refractivity contribution < 1.29 is 22.7 Å². The standard InChI is InChI=1S/C10H7ClF3NO2.ClH/c11-7-2-1-5(12)3-6(7)8-10(13,14)4-17-9(16)15-8;/h1-3,8H,4H2,(H,15,16);1H/t8-;/m1./s1. The number of benzene rings is 1. The summed E-state index contributed by atoms with van der Waals surface area (Å²) in [5, 5.41) is 1.89. The zero-order valence-corrected chi connectivity index (χ0v) is 10.3. The Morgan fingerprint density at radius 1 is 1.44 bits per heavy atom. The Labute approximate surface area is 112 Å². The van der Waals surface area contributed by atoms with E-state index >= 15 is 0 Å². The van der Waals surface area contributed by atoms with Gasteiger partial charge in [-0.05, 0) is 18.2 Å². The van der Waals surface area contributed by atoms with E-state index in [0.29, 0.717) is 0 Å². The molecule has 1 fully saturated rings. The quantitative estimate of drug-likeness (QED) is 0.864. The predicted molar refractivity (Wildman–Crippen MR) is 60.8 cm³/mol. The molecule has 0 saturated carbocycles. The Balaban J connectivity index is 0.00000162. The van der Waals surface area contributed by atoms with Gasteiger partial charge in [-0.15, -0.1) is 12.4 Å². The van der Waals surface area contributed by atoms with Crippen molar-refractivity contribution in [2.45, 2.75) is 12.0 Å². The lowest BCUT2D eigenvalue weighted by atomic mass is 10.00.